The Bertz CT molecular complexity index is 816. The van der Waals surface area contributed by atoms with Gasteiger partial charge in [0, 0.05) is 45.5 Å². The molecule has 0 spiro atoms. The van der Waals surface area contributed by atoms with Crippen molar-refractivity contribution in [2.75, 3.05) is 62.7 Å². The van der Waals surface area contributed by atoms with E-state index in [4.69, 9.17) is 22.1 Å². The number of nitroso groups, excluding NO2 is 1. The van der Waals surface area contributed by atoms with Crippen LogP contribution in [0.4, 0.5) is 15.8 Å². The number of pyridine rings is 1. The van der Waals surface area contributed by atoms with Crippen molar-refractivity contribution in [1.29, 1.82) is 0 Å². The van der Waals surface area contributed by atoms with E-state index in [0.29, 0.717) is 22.4 Å². The van der Waals surface area contributed by atoms with Gasteiger partial charge in [-0.25, -0.2) is 4.39 Å². The molecule has 3 fully saturated rings. The van der Waals surface area contributed by atoms with Gasteiger partial charge in [0.25, 0.3) is 0 Å². The van der Waals surface area contributed by atoms with Gasteiger partial charge in [-0.1, -0.05) is 16.8 Å². The molecule has 0 aliphatic carbocycles. The number of alkyl halides is 1. The first-order valence-electron chi connectivity index (χ1n) is 10.7. The van der Waals surface area contributed by atoms with Crippen LogP contribution >= 0.6 is 11.6 Å². The predicted molar refractivity (Wildman–Crippen MR) is 118 cm³/mol. The van der Waals surface area contributed by atoms with Crippen LogP contribution in [-0.2, 0) is 9.53 Å². The summed E-state index contributed by atoms with van der Waals surface area (Å²) in [4.78, 5) is 32.9. The smallest absolute Gasteiger partial charge is 0.234 e. The van der Waals surface area contributed by atoms with Crippen LogP contribution in [0.3, 0.4) is 0 Å². The van der Waals surface area contributed by atoms with Gasteiger partial charge in [0.05, 0.1) is 48.0 Å². The lowest BCUT2D eigenvalue weighted by Crippen LogP contribution is -2.62. The third kappa shape index (κ3) is 5.00. The molecule has 13 heteroatoms. The minimum atomic E-state index is -1.32. The van der Waals surface area contributed by atoms with Gasteiger partial charge in [0.15, 0.2) is 6.17 Å². The summed E-state index contributed by atoms with van der Waals surface area (Å²) < 4.78 is 18.8. The van der Waals surface area contributed by atoms with E-state index in [1.807, 2.05) is 0 Å². The molecule has 3 saturated heterocycles. The number of hydrogen-bond donors (Lipinski definition) is 4. The zero-order valence-electron chi connectivity index (χ0n) is 17.5. The summed E-state index contributed by atoms with van der Waals surface area (Å²) in [7, 11) is 0. The number of ether oxygens (including phenoxy) is 1. The van der Waals surface area contributed by atoms with Crippen LogP contribution in [0.1, 0.15) is 0 Å². The molecule has 176 valence electrons. The van der Waals surface area contributed by atoms with Crippen LogP contribution in [-0.4, -0.2) is 92.8 Å². The Kier molecular flexibility index (Phi) is 7.48. The zero-order chi connectivity index (χ0) is 22.7. The third-order valence-corrected chi connectivity index (χ3v) is 6.44. The molecule has 0 bridgehead atoms. The van der Waals surface area contributed by atoms with Crippen molar-refractivity contribution in [3.8, 4) is 0 Å². The minimum Gasteiger partial charge on any atom is -0.378 e. The highest BCUT2D eigenvalue weighted by atomic mass is 35.5. The standard InChI is InChI=1S/C19H28ClFN8O3/c20-13-7-23-8-14(16(13)29-3-1-28(2-4-29)12-9-32-10-12)26-19(30)15(17(22)27-31)18-24-5-11(21)6-25-18/h7-8,11-12,15,17-18,24-25H,1-6,9-10,22H2,(H,26,30). The van der Waals surface area contributed by atoms with Crippen molar-refractivity contribution >= 4 is 28.9 Å². The van der Waals surface area contributed by atoms with E-state index in [1.54, 1.807) is 0 Å². The highest BCUT2D eigenvalue weighted by molar-refractivity contribution is 6.34. The summed E-state index contributed by atoms with van der Waals surface area (Å²) in [6.07, 6.45) is -0.0648. The number of carbonyl (C=O) groups excluding carboxylic acids is 1. The first-order chi connectivity index (χ1) is 15.5. The van der Waals surface area contributed by atoms with E-state index < -0.39 is 30.3 Å². The van der Waals surface area contributed by atoms with Crippen molar-refractivity contribution in [2.24, 2.45) is 16.8 Å². The predicted octanol–water partition coefficient (Wildman–Crippen LogP) is -0.281. The second kappa shape index (κ2) is 10.3. The Balaban J connectivity index is 1.48. The van der Waals surface area contributed by atoms with Crippen LogP contribution in [0.15, 0.2) is 17.6 Å². The van der Waals surface area contributed by atoms with Gasteiger partial charge in [0.1, 0.15) is 12.1 Å². The molecule has 0 radical (unpaired) electrons. The van der Waals surface area contributed by atoms with E-state index in [2.05, 4.69) is 35.9 Å². The number of hydrogen-bond acceptors (Lipinski definition) is 10. The fraction of sp³-hybridized carbons (Fsp3) is 0.684. The number of nitrogens with two attached hydrogens (primary N) is 1. The summed E-state index contributed by atoms with van der Waals surface area (Å²) in [6, 6.07) is 0.460. The van der Waals surface area contributed by atoms with Crippen LogP contribution in [0.2, 0.25) is 5.02 Å². The van der Waals surface area contributed by atoms with Crippen LogP contribution in [0.5, 0.6) is 0 Å². The average Bonchev–Trinajstić information content (AvgIpc) is 2.75. The molecule has 2 unspecified atom stereocenters. The summed E-state index contributed by atoms with van der Waals surface area (Å²) in [5.41, 5.74) is 6.92. The molecule has 0 saturated carbocycles. The van der Waals surface area contributed by atoms with Gasteiger partial charge in [-0.3, -0.25) is 25.3 Å². The van der Waals surface area contributed by atoms with Gasteiger partial charge < -0.3 is 20.7 Å². The largest absolute Gasteiger partial charge is 0.378 e. The molecule has 5 N–H and O–H groups in total. The van der Waals surface area contributed by atoms with Crippen LogP contribution < -0.4 is 26.6 Å². The second-order valence-corrected chi connectivity index (χ2v) is 8.64. The summed E-state index contributed by atoms with van der Waals surface area (Å²) in [5.74, 6) is -1.59. The number of nitrogens with one attached hydrogen (secondary N) is 3. The van der Waals surface area contributed by atoms with E-state index in [-0.39, 0.29) is 13.1 Å². The third-order valence-electron chi connectivity index (χ3n) is 6.17. The molecule has 32 heavy (non-hydrogen) atoms. The highest BCUT2D eigenvalue weighted by Gasteiger charge is 2.38. The molecule has 11 nitrogen and oxygen atoms in total. The highest BCUT2D eigenvalue weighted by Crippen LogP contribution is 2.34. The maximum atomic E-state index is 13.5. The fourth-order valence-electron chi connectivity index (χ4n) is 4.28. The molecular weight excluding hydrogens is 443 g/mol. The van der Waals surface area contributed by atoms with E-state index in [9.17, 15) is 14.1 Å². The molecule has 4 rings (SSSR count). The minimum absolute atomic E-state index is 0.0489. The van der Waals surface area contributed by atoms with Crippen molar-refractivity contribution in [2.45, 2.75) is 24.5 Å². The number of halogens is 2. The van der Waals surface area contributed by atoms with Crippen molar-refractivity contribution in [1.82, 2.24) is 20.5 Å². The maximum absolute atomic E-state index is 13.5. The Labute approximate surface area is 190 Å². The number of carbonyl (C=O) groups is 1. The molecule has 4 heterocycles. The molecule has 3 aliphatic rings. The van der Waals surface area contributed by atoms with Crippen molar-refractivity contribution in [3.63, 3.8) is 0 Å². The Hall–Kier alpha value is -1.96. The average molecular weight is 471 g/mol. The van der Waals surface area contributed by atoms with E-state index in [0.717, 1.165) is 39.4 Å². The number of aromatic nitrogens is 1. The lowest BCUT2D eigenvalue weighted by atomic mass is 9.99. The quantitative estimate of drug-likeness (QED) is 0.396. The summed E-state index contributed by atoms with van der Waals surface area (Å²) >= 11 is 6.47. The molecule has 1 aromatic heterocycles. The molecule has 1 aromatic rings. The monoisotopic (exact) mass is 470 g/mol. The number of anilines is 2. The number of piperazine rings is 1. The van der Waals surface area contributed by atoms with Crippen LogP contribution in [0, 0.1) is 10.8 Å². The summed E-state index contributed by atoms with van der Waals surface area (Å²) in [5, 5.41) is 11.8. The van der Waals surface area contributed by atoms with Crippen molar-refractivity contribution < 1.29 is 13.9 Å². The fourth-order valence-corrected chi connectivity index (χ4v) is 4.56. The van der Waals surface area contributed by atoms with Gasteiger partial charge in [-0.05, 0) is 0 Å². The lowest BCUT2D eigenvalue weighted by Gasteiger charge is -2.43. The SMILES string of the molecule is NC(N=O)C(C(=O)Nc1cncc(Cl)c1N1CCN(C2COC2)CC1)C1NCC(F)CN1. The second-order valence-electron chi connectivity index (χ2n) is 8.23. The van der Waals surface area contributed by atoms with Gasteiger partial charge in [0.2, 0.25) is 5.91 Å². The zero-order valence-corrected chi connectivity index (χ0v) is 18.3. The number of nitrogens with zero attached hydrogens (tertiary/aromatic N) is 4. The lowest BCUT2D eigenvalue weighted by molar-refractivity contribution is -0.122. The number of amides is 1. The maximum Gasteiger partial charge on any atom is 0.234 e. The van der Waals surface area contributed by atoms with Gasteiger partial charge in [-0.2, -0.15) is 0 Å². The van der Waals surface area contributed by atoms with Gasteiger partial charge in [-0.15, -0.1) is 4.91 Å². The van der Waals surface area contributed by atoms with Crippen molar-refractivity contribution in [3.05, 3.63) is 22.3 Å². The Morgan fingerprint density at radius 1 is 1.28 bits per heavy atom. The Morgan fingerprint density at radius 3 is 2.56 bits per heavy atom. The first kappa shape index (κ1) is 23.2. The number of rotatable bonds is 7. The normalized spacial score (nSPS) is 26.8. The summed E-state index contributed by atoms with van der Waals surface area (Å²) in [6.45, 7) is 4.77. The molecule has 0 aromatic carbocycles. The molecule has 1 amide bonds. The topological polar surface area (TPSA) is 137 Å². The van der Waals surface area contributed by atoms with Crippen LogP contribution in [0.25, 0.3) is 0 Å². The molecular formula is C19H28ClFN8O3. The van der Waals surface area contributed by atoms with E-state index >= 15 is 0 Å². The van der Waals surface area contributed by atoms with E-state index in [1.165, 1.54) is 12.4 Å². The first-order valence-corrected chi connectivity index (χ1v) is 11.1. The molecule has 3 aliphatic heterocycles. The van der Waals surface area contributed by atoms with Gasteiger partial charge >= 0.3 is 0 Å². The Morgan fingerprint density at radius 2 is 1.97 bits per heavy atom. The molecule has 2 atom stereocenters.